The lowest BCUT2D eigenvalue weighted by molar-refractivity contribution is 0.358. The molecule has 0 amide bonds. The smallest absolute Gasteiger partial charge is 0.228 e. The number of rotatable bonds is 3. The number of fused-ring (bicyclic) bond motifs is 1. The van der Waals surface area contributed by atoms with E-state index in [0.717, 1.165) is 24.9 Å². The second-order valence-corrected chi connectivity index (χ2v) is 5.80. The van der Waals surface area contributed by atoms with Crippen LogP contribution in [-0.4, -0.2) is 37.3 Å². The maximum absolute atomic E-state index is 6.14. The number of nitrogens with zero attached hydrogens (tertiary/aromatic N) is 3. The Hall–Kier alpha value is -2.24. The van der Waals surface area contributed by atoms with Crippen LogP contribution in [0.4, 0.5) is 11.8 Å². The van der Waals surface area contributed by atoms with Gasteiger partial charge in [-0.1, -0.05) is 6.92 Å². The molecule has 1 fully saturated rings. The van der Waals surface area contributed by atoms with E-state index in [0.29, 0.717) is 34.7 Å². The van der Waals surface area contributed by atoms with Crippen LogP contribution in [0.1, 0.15) is 19.8 Å². The molecular weight excluding hydrogens is 280 g/mol. The van der Waals surface area contributed by atoms with Crippen LogP contribution in [0.15, 0.2) is 12.1 Å². The van der Waals surface area contributed by atoms with Gasteiger partial charge in [0.15, 0.2) is 11.5 Å². The zero-order valence-electron chi connectivity index (χ0n) is 13.3. The maximum Gasteiger partial charge on any atom is 0.228 e. The van der Waals surface area contributed by atoms with Crippen molar-refractivity contribution in [3.8, 4) is 11.5 Å². The van der Waals surface area contributed by atoms with Crippen LogP contribution in [-0.2, 0) is 0 Å². The van der Waals surface area contributed by atoms with Gasteiger partial charge in [0.25, 0.3) is 0 Å². The number of methoxy groups -OCH3 is 2. The van der Waals surface area contributed by atoms with Gasteiger partial charge in [-0.3, -0.25) is 0 Å². The van der Waals surface area contributed by atoms with E-state index in [9.17, 15) is 0 Å². The van der Waals surface area contributed by atoms with Crippen LogP contribution in [0.5, 0.6) is 11.5 Å². The first kappa shape index (κ1) is 14.7. The van der Waals surface area contributed by atoms with Gasteiger partial charge in [-0.15, -0.1) is 0 Å². The number of hydrogen-bond donors (Lipinski definition) is 1. The van der Waals surface area contributed by atoms with Crippen LogP contribution < -0.4 is 20.1 Å². The fourth-order valence-corrected chi connectivity index (χ4v) is 3.03. The van der Waals surface area contributed by atoms with Gasteiger partial charge in [0.1, 0.15) is 11.3 Å². The van der Waals surface area contributed by atoms with Crippen molar-refractivity contribution in [1.29, 1.82) is 0 Å². The van der Waals surface area contributed by atoms with Crippen LogP contribution in [0.3, 0.4) is 0 Å². The molecule has 3 rings (SSSR count). The third-order valence-electron chi connectivity index (χ3n) is 4.17. The van der Waals surface area contributed by atoms with Crippen LogP contribution in [0.2, 0.25) is 0 Å². The number of anilines is 2. The number of aromatic nitrogens is 2. The van der Waals surface area contributed by atoms with Crippen molar-refractivity contribution in [1.82, 2.24) is 9.97 Å². The highest BCUT2D eigenvalue weighted by Gasteiger charge is 2.21. The predicted molar refractivity (Wildman–Crippen MR) is 87.7 cm³/mol. The molecule has 1 aromatic heterocycles. The Morgan fingerprint density at radius 1 is 1.23 bits per heavy atom. The summed E-state index contributed by atoms with van der Waals surface area (Å²) in [6.45, 7) is 4.17. The number of ether oxygens (including phenoxy) is 2. The van der Waals surface area contributed by atoms with E-state index in [1.165, 1.54) is 6.42 Å². The Balaban J connectivity index is 2.13. The van der Waals surface area contributed by atoms with Gasteiger partial charge in [-0.25, -0.2) is 4.98 Å². The summed E-state index contributed by atoms with van der Waals surface area (Å²) in [5.74, 6) is 3.02. The van der Waals surface area contributed by atoms with Crippen molar-refractivity contribution in [2.75, 3.05) is 37.9 Å². The molecule has 6 nitrogen and oxygen atoms in total. The molecule has 2 aromatic rings. The Morgan fingerprint density at radius 2 is 2.05 bits per heavy atom. The Morgan fingerprint density at radius 3 is 2.73 bits per heavy atom. The highest BCUT2D eigenvalue weighted by Crippen LogP contribution is 2.37. The van der Waals surface area contributed by atoms with Crippen LogP contribution >= 0.6 is 0 Å². The Bertz CT molecular complexity index is 689. The molecule has 1 aromatic carbocycles. The third-order valence-corrected chi connectivity index (χ3v) is 4.17. The van der Waals surface area contributed by atoms with Gasteiger partial charge in [-0.05, 0) is 30.9 Å². The van der Waals surface area contributed by atoms with Gasteiger partial charge in [-0.2, -0.15) is 4.98 Å². The predicted octanol–water partition coefficient (Wildman–Crippen LogP) is 2.47. The molecule has 0 saturated carbocycles. The number of benzene rings is 1. The van der Waals surface area contributed by atoms with E-state index in [4.69, 9.17) is 20.2 Å². The molecule has 0 bridgehead atoms. The fourth-order valence-electron chi connectivity index (χ4n) is 3.03. The standard InChI is InChI=1S/C16H22N4O2/c1-10-5-4-8-20(9-10)16-18-13-11(15(17)19-16)6-7-12(21-2)14(13)22-3/h6-7,10H,4-5,8-9H2,1-3H3,(H2,17,18,19). The van der Waals surface area contributed by atoms with E-state index in [2.05, 4.69) is 16.8 Å². The fraction of sp³-hybridized carbons (Fsp3) is 0.500. The molecule has 118 valence electrons. The molecule has 22 heavy (non-hydrogen) atoms. The van der Waals surface area contributed by atoms with Crippen molar-refractivity contribution >= 4 is 22.7 Å². The quantitative estimate of drug-likeness (QED) is 0.939. The summed E-state index contributed by atoms with van der Waals surface area (Å²) >= 11 is 0. The van der Waals surface area contributed by atoms with Crippen molar-refractivity contribution in [2.45, 2.75) is 19.8 Å². The average Bonchev–Trinajstić information content (AvgIpc) is 2.53. The van der Waals surface area contributed by atoms with Crippen molar-refractivity contribution in [3.05, 3.63) is 12.1 Å². The van der Waals surface area contributed by atoms with Crippen molar-refractivity contribution in [2.24, 2.45) is 5.92 Å². The topological polar surface area (TPSA) is 73.5 Å². The Labute approximate surface area is 130 Å². The van der Waals surface area contributed by atoms with Crippen LogP contribution in [0.25, 0.3) is 10.9 Å². The van der Waals surface area contributed by atoms with Gasteiger partial charge in [0.05, 0.1) is 14.2 Å². The van der Waals surface area contributed by atoms with Crippen LogP contribution in [0, 0.1) is 5.92 Å². The van der Waals surface area contributed by atoms with E-state index >= 15 is 0 Å². The largest absolute Gasteiger partial charge is 0.493 e. The first-order valence-electron chi connectivity index (χ1n) is 7.57. The number of nitrogen functional groups attached to an aromatic ring is 1. The molecule has 1 aliphatic heterocycles. The summed E-state index contributed by atoms with van der Waals surface area (Å²) in [6, 6.07) is 3.69. The molecule has 6 heteroatoms. The highest BCUT2D eigenvalue weighted by atomic mass is 16.5. The SMILES string of the molecule is COc1ccc2c(N)nc(N3CCCC(C)C3)nc2c1OC. The first-order chi connectivity index (χ1) is 10.6. The molecule has 0 radical (unpaired) electrons. The number of piperidine rings is 1. The monoisotopic (exact) mass is 302 g/mol. The molecule has 0 aliphatic carbocycles. The molecule has 1 saturated heterocycles. The normalized spacial score (nSPS) is 18.5. The molecule has 1 atom stereocenters. The molecule has 0 spiro atoms. The van der Waals surface area contributed by atoms with E-state index < -0.39 is 0 Å². The number of nitrogens with two attached hydrogens (primary N) is 1. The molecule has 2 heterocycles. The average molecular weight is 302 g/mol. The lowest BCUT2D eigenvalue weighted by Gasteiger charge is -2.31. The summed E-state index contributed by atoms with van der Waals surface area (Å²) in [4.78, 5) is 11.4. The molecule has 2 N–H and O–H groups in total. The first-order valence-corrected chi connectivity index (χ1v) is 7.57. The minimum Gasteiger partial charge on any atom is -0.493 e. The number of hydrogen-bond acceptors (Lipinski definition) is 6. The summed E-state index contributed by atoms with van der Waals surface area (Å²) in [5, 5.41) is 0.784. The molecular formula is C16H22N4O2. The van der Waals surface area contributed by atoms with E-state index in [1.54, 1.807) is 14.2 Å². The summed E-state index contributed by atoms with van der Waals surface area (Å²) in [7, 11) is 3.22. The zero-order valence-corrected chi connectivity index (χ0v) is 13.3. The minimum atomic E-state index is 0.471. The van der Waals surface area contributed by atoms with Gasteiger partial charge in [0.2, 0.25) is 5.95 Å². The van der Waals surface area contributed by atoms with Gasteiger partial charge < -0.3 is 20.1 Å². The van der Waals surface area contributed by atoms with E-state index in [1.807, 2.05) is 12.1 Å². The summed E-state index contributed by atoms with van der Waals surface area (Å²) in [5.41, 5.74) is 6.84. The highest BCUT2D eigenvalue weighted by molar-refractivity contribution is 5.95. The Kier molecular flexibility index (Phi) is 3.92. The third kappa shape index (κ3) is 2.49. The lowest BCUT2D eigenvalue weighted by Crippen LogP contribution is -2.35. The summed E-state index contributed by atoms with van der Waals surface area (Å²) in [6.07, 6.45) is 2.40. The van der Waals surface area contributed by atoms with Gasteiger partial charge >= 0.3 is 0 Å². The van der Waals surface area contributed by atoms with Crippen molar-refractivity contribution < 1.29 is 9.47 Å². The maximum atomic E-state index is 6.14. The zero-order chi connectivity index (χ0) is 15.7. The second kappa shape index (κ2) is 5.87. The van der Waals surface area contributed by atoms with Crippen molar-refractivity contribution in [3.63, 3.8) is 0 Å². The second-order valence-electron chi connectivity index (χ2n) is 5.80. The lowest BCUT2D eigenvalue weighted by atomic mass is 10.0. The van der Waals surface area contributed by atoms with E-state index in [-0.39, 0.29) is 0 Å². The minimum absolute atomic E-state index is 0.471. The van der Waals surface area contributed by atoms with Gasteiger partial charge in [0, 0.05) is 18.5 Å². The molecule has 1 unspecified atom stereocenters. The summed E-state index contributed by atoms with van der Waals surface area (Å²) < 4.78 is 10.8. The molecule has 1 aliphatic rings.